The van der Waals surface area contributed by atoms with Crippen LogP contribution in [0.25, 0.3) is 11.0 Å². The van der Waals surface area contributed by atoms with Crippen molar-refractivity contribution in [2.75, 3.05) is 6.61 Å². The highest BCUT2D eigenvalue weighted by Gasteiger charge is 2.23. The summed E-state index contributed by atoms with van der Waals surface area (Å²) in [4.78, 5) is 12.3. The molecule has 0 fully saturated rings. The molecule has 168 valence electrons. The minimum atomic E-state index is -0.642. The first-order valence-corrected chi connectivity index (χ1v) is 11.0. The van der Waals surface area contributed by atoms with Crippen molar-refractivity contribution in [1.82, 2.24) is 15.0 Å². The molecule has 0 spiro atoms. The number of terminal acetylenes is 1. The molecule has 32 heavy (non-hydrogen) atoms. The largest absolute Gasteiger partial charge is 0.493 e. The second kappa shape index (κ2) is 9.81. The molecule has 1 heterocycles. The highest BCUT2D eigenvalue weighted by molar-refractivity contribution is 6.39. The number of unbranched alkanes of at least 4 members (excludes halogenated alkanes) is 1. The smallest absolute Gasteiger partial charge is 0.341 e. The van der Waals surface area contributed by atoms with Crippen molar-refractivity contribution < 1.29 is 14.3 Å². The van der Waals surface area contributed by atoms with Gasteiger partial charge in [0.15, 0.2) is 0 Å². The SMILES string of the molecule is C#Cc1ccc2c(nnn2CCCCOc2cc(Cl)c(C(=O)OC(C)(C)C)c(Cl)c2)c1C. The van der Waals surface area contributed by atoms with Gasteiger partial charge in [-0.1, -0.05) is 34.3 Å². The Hall–Kier alpha value is -2.75. The van der Waals surface area contributed by atoms with Crippen molar-refractivity contribution in [2.24, 2.45) is 0 Å². The number of benzene rings is 2. The van der Waals surface area contributed by atoms with Crippen LogP contribution >= 0.6 is 23.2 Å². The van der Waals surface area contributed by atoms with E-state index in [0.717, 1.165) is 35.0 Å². The molecular formula is C24H25Cl2N3O3. The predicted octanol–water partition coefficient (Wildman–Crippen LogP) is 5.84. The van der Waals surface area contributed by atoms with Crippen LogP contribution < -0.4 is 4.74 Å². The first-order valence-electron chi connectivity index (χ1n) is 10.3. The molecule has 2 aromatic carbocycles. The van der Waals surface area contributed by atoms with Gasteiger partial charge in [0.1, 0.15) is 16.9 Å². The van der Waals surface area contributed by atoms with Crippen LogP contribution in [-0.4, -0.2) is 33.2 Å². The van der Waals surface area contributed by atoms with Gasteiger partial charge in [-0.25, -0.2) is 9.48 Å². The van der Waals surface area contributed by atoms with Crippen LogP contribution in [0.4, 0.5) is 0 Å². The predicted molar refractivity (Wildman–Crippen MR) is 127 cm³/mol. The van der Waals surface area contributed by atoms with E-state index in [1.54, 1.807) is 32.9 Å². The fraction of sp³-hybridized carbons (Fsp3) is 0.375. The molecule has 0 atom stereocenters. The number of aryl methyl sites for hydroxylation is 2. The van der Waals surface area contributed by atoms with Gasteiger partial charge < -0.3 is 9.47 Å². The number of hydrogen-bond donors (Lipinski definition) is 0. The topological polar surface area (TPSA) is 66.2 Å². The summed E-state index contributed by atoms with van der Waals surface area (Å²) in [6.07, 6.45) is 7.14. The number of fused-ring (bicyclic) bond motifs is 1. The molecule has 3 rings (SSSR count). The van der Waals surface area contributed by atoms with Crippen molar-refractivity contribution in [1.29, 1.82) is 0 Å². The molecule has 3 aromatic rings. The minimum Gasteiger partial charge on any atom is -0.493 e. The number of hydrogen-bond acceptors (Lipinski definition) is 5. The first-order chi connectivity index (χ1) is 15.1. The number of aromatic nitrogens is 3. The second-order valence-corrected chi connectivity index (χ2v) is 9.20. The summed E-state index contributed by atoms with van der Waals surface area (Å²) >= 11 is 12.5. The molecule has 0 N–H and O–H groups in total. The van der Waals surface area contributed by atoms with E-state index in [0.29, 0.717) is 18.9 Å². The lowest BCUT2D eigenvalue weighted by Gasteiger charge is -2.20. The van der Waals surface area contributed by atoms with Gasteiger partial charge in [-0.15, -0.1) is 11.5 Å². The number of ether oxygens (including phenoxy) is 2. The van der Waals surface area contributed by atoms with E-state index < -0.39 is 11.6 Å². The van der Waals surface area contributed by atoms with Crippen LogP contribution in [0, 0.1) is 19.3 Å². The Kier molecular flexibility index (Phi) is 7.33. The van der Waals surface area contributed by atoms with E-state index in [2.05, 4.69) is 16.2 Å². The van der Waals surface area contributed by atoms with E-state index >= 15 is 0 Å². The molecule has 0 radical (unpaired) electrons. The van der Waals surface area contributed by atoms with Gasteiger partial charge in [0.2, 0.25) is 0 Å². The Morgan fingerprint density at radius 2 is 1.88 bits per heavy atom. The third-order valence-electron chi connectivity index (χ3n) is 4.75. The summed E-state index contributed by atoms with van der Waals surface area (Å²) in [5.74, 6) is 2.59. The van der Waals surface area contributed by atoms with Gasteiger partial charge in [0, 0.05) is 12.1 Å². The lowest BCUT2D eigenvalue weighted by Crippen LogP contribution is -2.24. The van der Waals surface area contributed by atoms with Gasteiger partial charge in [-0.05, 0) is 70.4 Å². The van der Waals surface area contributed by atoms with Gasteiger partial charge in [-0.2, -0.15) is 0 Å². The van der Waals surface area contributed by atoms with Crippen molar-refractivity contribution >= 4 is 40.2 Å². The highest BCUT2D eigenvalue weighted by Crippen LogP contribution is 2.32. The maximum absolute atomic E-state index is 12.3. The summed E-state index contributed by atoms with van der Waals surface area (Å²) in [6.45, 7) is 8.46. The van der Waals surface area contributed by atoms with Gasteiger partial charge in [0.05, 0.1) is 27.7 Å². The Morgan fingerprint density at radius 3 is 2.50 bits per heavy atom. The fourth-order valence-corrected chi connectivity index (χ4v) is 3.82. The number of rotatable bonds is 7. The molecule has 0 saturated heterocycles. The minimum absolute atomic E-state index is 0.136. The summed E-state index contributed by atoms with van der Waals surface area (Å²) < 4.78 is 13.0. The van der Waals surface area contributed by atoms with Crippen LogP contribution in [0.1, 0.15) is 55.1 Å². The number of halogens is 2. The second-order valence-electron chi connectivity index (χ2n) is 8.38. The molecule has 0 bridgehead atoms. The molecular weight excluding hydrogens is 449 g/mol. The monoisotopic (exact) mass is 473 g/mol. The average molecular weight is 474 g/mol. The van der Waals surface area contributed by atoms with Crippen molar-refractivity contribution in [3.8, 4) is 18.1 Å². The molecule has 6 nitrogen and oxygen atoms in total. The molecule has 0 saturated carbocycles. The molecule has 0 aliphatic carbocycles. The van der Waals surface area contributed by atoms with E-state index in [-0.39, 0.29) is 15.6 Å². The summed E-state index contributed by atoms with van der Waals surface area (Å²) in [5.41, 5.74) is 3.06. The van der Waals surface area contributed by atoms with Gasteiger partial charge in [-0.3, -0.25) is 0 Å². The van der Waals surface area contributed by atoms with Gasteiger partial charge >= 0.3 is 5.97 Å². The number of esters is 1. The van der Waals surface area contributed by atoms with Crippen molar-refractivity contribution in [2.45, 2.75) is 52.7 Å². The maximum Gasteiger partial charge on any atom is 0.341 e. The first kappa shape index (κ1) is 23.9. The van der Waals surface area contributed by atoms with Crippen LogP contribution in [-0.2, 0) is 11.3 Å². The molecule has 0 amide bonds. The highest BCUT2D eigenvalue weighted by atomic mass is 35.5. The van der Waals surface area contributed by atoms with E-state index in [1.165, 1.54) is 0 Å². The lowest BCUT2D eigenvalue weighted by atomic mass is 10.1. The Labute approximate surface area is 197 Å². The number of carbonyl (C=O) groups excluding carboxylic acids is 1. The Bertz CT molecular complexity index is 1170. The van der Waals surface area contributed by atoms with Gasteiger partial charge in [0.25, 0.3) is 0 Å². The molecule has 1 aromatic heterocycles. The average Bonchev–Trinajstić information content (AvgIpc) is 3.10. The molecule has 0 aliphatic rings. The third kappa shape index (κ3) is 5.53. The van der Waals surface area contributed by atoms with E-state index in [4.69, 9.17) is 39.1 Å². The quantitative estimate of drug-likeness (QED) is 0.245. The summed E-state index contributed by atoms with van der Waals surface area (Å²) in [7, 11) is 0. The van der Waals surface area contributed by atoms with Crippen molar-refractivity contribution in [3.63, 3.8) is 0 Å². The zero-order valence-corrected chi connectivity index (χ0v) is 20.0. The Balaban J connectivity index is 1.55. The number of carbonyl (C=O) groups is 1. The van der Waals surface area contributed by atoms with Crippen LogP contribution in [0.3, 0.4) is 0 Å². The third-order valence-corrected chi connectivity index (χ3v) is 5.34. The molecule has 0 unspecified atom stereocenters. The molecule has 0 aliphatic heterocycles. The van der Waals surface area contributed by atoms with Crippen LogP contribution in [0.15, 0.2) is 24.3 Å². The Morgan fingerprint density at radius 1 is 1.19 bits per heavy atom. The summed E-state index contributed by atoms with van der Waals surface area (Å²) in [5, 5.41) is 8.88. The standard InChI is InChI=1S/C24H25Cl2N3O3/c1-6-16-9-10-20-22(15(16)2)27-28-29(20)11-7-8-12-31-17-13-18(25)21(19(26)14-17)23(30)32-24(3,4)5/h1,9-10,13-14H,7-8,11-12H2,2-5H3. The number of nitrogens with zero attached hydrogens (tertiary/aromatic N) is 3. The summed E-state index contributed by atoms with van der Waals surface area (Å²) in [6, 6.07) is 7.01. The van der Waals surface area contributed by atoms with Crippen LogP contribution in [0.2, 0.25) is 10.0 Å². The van der Waals surface area contributed by atoms with Crippen molar-refractivity contribution in [3.05, 3.63) is 51.0 Å². The van der Waals surface area contributed by atoms with E-state index in [1.807, 2.05) is 23.7 Å². The normalized spacial score (nSPS) is 11.4. The lowest BCUT2D eigenvalue weighted by molar-refractivity contribution is 0.00699. The molecule has 8 heteroatoms. The van der Waals surface area contributed by atoms with E-state index in [9.17, 15) is 4.79 Å². The maximum atomic E-state index is 12.3. The zero-order chi connectivity index (χ0) is 23.5. The fourth-order valence-electron chi connectivity index (χ4n) is 3.20. The zero-order valence-electron chi connectivity index (χ0n) is 18.5. The van der Waals surface area contributed by atoms with Crippen LogP contribution in [0.5, 0.6) is 5.75 Å².